The van der Waals surface area contributed by atoms with Crippen LogP contribution in [0, 0.1) is 13.8 Å². The fraction of sp³-hybridized carbons (Fsp3) is 0.400. The molecule has 0 radical (unpaired) electrons. The maximum atomic E-state index is 13.3. The number of ether oxygens (including phenoxy) is 2. The van der Waals surface area contributed by atoms with Gasteiger partial charge in [-0.15, -0.1) is 0 Å². The van der Waals surface area contributed by atoms with Crippen molar-refractivity contribution in [3.05, 3.63) is 41.0 Å². The molecule has 0 bridgehead atoms. The van der Waals surface area contributed by atoms with Gasteiger partial charge < -0.3 is 19.7 Å². The second-order valence-electron chi connectivity index (χ2n) is 6.53. The zero-order valence-corrected chi connectivity index (χ0v) is 15.9. The number of hydrogen-bond acceptors (Lipinski definition) is 5. The number of amides is 1. The van der Waals surface area contributed by atoms with Crippen LogP contribution in [-0.4, -0.2) is 37.7 Å². The zero-order chi connectivity index (χ0) is 18.8. The lowest BCUT2D eigenvalue weighted by Gasteiger charge is -2.36. The minimum atomic E-state index is -0.124. The maximum Gasteiger partial charge on any atom is 0.263 e. The van der Waals surface area contributed by atoms with Crippen LogP contribution in [0.1, 0.15) is 34.8 Å². The molecule has 1 aliphatic heterocycles. The summed E-state index contributed by atoms with van der Waals surface area (Å²) in [6.07, 6.45) is 0.925. The van der Waals surface area contributed by atoms with Gasteiger partial charge in [0.2, 0.25) is 11.8 Å². The second-order valence-corrected chi connectivity index (χ2v) is 6.53. The number of carbonyl (C=O) groups excluding carboxylic acids is 1. The molecule has 2 heterocycles. The van der Waals surface area contributed by atoms with Crippen LogP contribution in [0.4, 0.5) is 11.4 Å². The number of aryl methyl sites for hydroxylation is 2. The highest BCUT2D eigenvalue weighted by atomic mass is 16.5. The summed E-state index contributed by atoms with van der Waals surface area (Å²) in [5.41, 5.74) is 4.65. The van der Waals surface area contributed by atoms with E-state index in [-0.39, 0.29) is 17.8 Å². The lowest BCUT2D eigenvalue weighted by Crippen LogP contribution is -2.44. The molecule has 1 aromatic carbocycles. The molecular formula is C20H25N3O3. The highest BCUT2D eigenvalue weighted by Gasteiger charge is 2.30. The highest BCUT2D eigenvalue weighted by Crippen LogP contribution is 2.36. The number of rotatable bonds is 4. The molecule has 6 heteroatoms. The average Bonchev–Trinajstić information content (AvgIpc) is 2.67. The molecule has 0 spiro atoms. The van der Waals surface area contributed by atoms with Crippen molar-refractivity contribution in [1.82, 2.24) is 4.98 Å². The molecule has 6 nitrogen and oxygen atoms in total. The van der Waals surface area contributed by atoms with E-state index in [1.807, 2.05) is 4.90 Å². The Morgan fingerprint density at radius 1 is 1.23 bits per heavy atom. The van der Waals surface area contributed by atoms with E-state index < -0.39 is 0 Å². The molecule has 1 aliphatic rings. The maximum absolute atomic E-state index is 13.3. The minimum Gasteiger partial charge on any atom is -0.481 e. The van der Waals surface area contributed by atoms with Crippen LogP contribution in [-0.2, 0) is 0 Å². The van der Waals surface area contributed by atoms with Crippen LogP contribution in [0.15, 0.2) is 24.3 Å². The summed E-state index contributed by atoms with van der Waals surface area (Å²) in [6.45, 7) is 6.84. The van der Waals surface area contributed by atoms with Crippen molar-refractivity contribution in [2.45, 2.75) is 33.2 Å². The van der Waals surface area contributed by atoms with Gasteiger partial charge in [-0.05, 0) is 49.6 Å². The summed E-state index contributed by atoms with van der Waals surface area (Å²) >= 11 is 0. The topological polar surface area (TPSA) is 63.7 Å². The molecule has 0 fully saturated rings. The molecule has 0 aliphatic carbocycles. The molecule has 138 valence electrons. The van der Waals surface area contributed by atoms with Crippen molar-refractivity contribution in [3.63, 3.8) is 0 Å². The Bertz CT molecular complexity index is 835. The summed E-state index contributed by atoms with van der Waals surface area (Å²) in [5.74, 6) is 0.560. The molecule has 2 aromatic rings. The number of pyridine rings is 1. The van der Waals surface area contributed by atoms with Crippen LogP contribution in [0.25, 0.3) is 0 Å². The van der Waals surface area contributed by atoms with Gasteiger partial charge in [0, 0.05) is 18.7 Å². The Morgan fingerprint density at radius 2 is 1.96 bits per heavy atom. The number of benzene rings is 1. The molecule has 1 aromatic heterocycles. The molecule has 1 unspecified atom stereocenters. The lowest BCUT2D eigenvalue weighted by atomic mass is 10.0. The number of hydrogen-bond donors (Lipinski definition) is 1. The predicted octanol–water partition coefficient (Wildman–Crippen LogP) is 3.57. The largest absolute Gasteiger partial charge is 0.481 e. The highest BCUT2D eigenvalue weighted by molar-refractivity contribution is 6.09. The van der Waals surface area contributed by atoms with Gasteiger partial charge in [-0.25, -0.2) is 0 Å². The van der Waals surface area contributed by atoms with Gasteiger partial charge in [-0.2, -0.15) is 4.98 Å². The first-order valence-electron chi connectivity index (χ1n) is 8.77. The van der Waals surface area contributed by atoms with Crippen molar-refractivity contribution in [2.24, 2.45) is 0 Å². The number of fused-ring (bicyclic) bond motifs is 1. The number of nitrogens with one attached hydrogen (secondary N) is 1. The molecule has 26 heavy (non-hydrogen) atoms. The van der Waals surface area contributed by atoms with E-state index in [1.54, 1.807) is 12.1 Å². The standard InChI is InChI=1S/C20H25N3O3/c1-6-14-11-23(17-10-13(3)12(2)9-16(17)21-14)20(24)15-7-8-18(25-4)22-19(15)26-5/h7-10,14,21H,6,11H2,1-5H3. The van der Waals surface area contributed by atoms with Crippen molar-refractivity contribution < 1.29 is 14.3 Å². The van der Waals surface area contributed by atoms with Gasteiger partial charge in [0.15, 0.2) is 0 Å². The third-order valence-electron chi connectivity index (χ3n) is 4.87. The molecule has 1 amide bonds. The first-order valence-corrected chi connectivity index (χ1v) is 8.77. The monoisotopic (exact) mass is 355 g/mol. The number of anilines is 2. The van der Waals surface area contributed by atoms with Gasteiger partial charge in [0.1, 0.15) is 5.56 Å². The van der Waals surface area contributed by atoms with E-state index in [0.717, 1.165) is 23.4 Å². The van der Waals surface area contributed by atoms with Crippen molar-refractivity contribution >= 4 is 17.3 Å². The van der Waals surface area contributed by atoms with Gasteiger partial charge in [0.25, 0.3) is 5.91 Å². The number of carbonyl (C=O) groups is 1. The normalized spacial score (nSPS) is 15.9. The summed E-state index contributed by atoms with van der Waals surface area (Å²) in [7, 11) is 3.04. The zero-order valence-electron chi connectivity index (χ0n) is 15.9. The SMILES string of the molecule is CCC1CN(C(=O)c2ccc(OC)nc2OC)c2cc(C)c(C)cc2N1. The van der Waals surface area contributed by atoms with Crippen LogP contribution in [0.5, 0.6) is 11.8 Å². The van der Waals surface area contributed by atoms with Crippen molar-refractivity contribution in [3.8, 4) is 11.8 Å². The Morgan fingerprint density at radius 3 is 2.62 bits per heavy atom. The number of nitrogens with zero attached hydrogens (tertiary/aromatic N) is 2. The van der Waals surface area contributed by atoms with Gasteiger partial charge >= 0.3 is 0 Å². The second kappa shape index (κ2) is 7.23. The number of aromatic nitrogens is 1. The Kier molecular flexibility index (Phi) is 5.02. The summed E-state index contributed by atoms with van der Waals surface area (Å²) < 4.78 is 10.5. The quantitative estimate of drug-likeness (QED) is 0.908. The van der Waals surface area contributed by atoms with E-state index in [9.17, 15) is 4.79 Å². The summed E-state index contributed by atoms with van der Waals surface area (Å²) in [6, 6.07) is 7.75. The smallest absolute Gasteiger partial charge is 0.263 e. The Hall–Kier alpha value is -2.76. The van der Waals surface area contributed by atoms with Crippen LogP contribution >= 0.6 is 0 Å². The van der Waals surface area contributed by atoms with Gasteiger partial charge in [-0.3, -0.25) is 4.79 Å². The molecule has 0 saturated heterocycles. The van der Waals surface area contributed by atoms with E-state index in [4.69, 9.17) is 9.47 Å². The molecule has 0 saturated carbocycles. The molecule has 3 rings (SSSR count). The molecule has 1 N–H and O–H groups in total. The molecular weight excluding hydrogens is 330 g/mol. The number of methoxy groups -OCH3 is 2. The Balaban J connectivity index is 2.06. The fourth-order valence-corrected chi connectivity index (χ4v) is 3.15. The predicted molar refractivity (Wildman–Crippen MR) is 103 cm³/mol. The van der Waals surface area contributed by atoms with Gasteiger partial charge in [0.05, 0.1) is 25.6 Å². The lowest BCUT2D eigenvalue weighted by molar-refractivity contribution is 0.0981. The Labute approximate surface area is 154 Å². The van der Waals surface area contributed by atoms with E-state index >= 15 is 0 Å². The molecule has 1 atom stereocenters. The van der Waals surface area contributed by atoms with Crippen molar-refractivity contribution in [2.75, 3.05) is 31.0 Å². The van der Waals surface area contributed by atoms with E-state index in [1.165, 1.54) is 19.8 Å². The third kappa shape index (κ3) is 3.19. The van der Waals surface area contributed by atoms with Crippen molar-refractivity contribution in [1.29, 1.82) is 0 Å². The summed E-state index contributed by atoms with van der Waals surface area (Å²) in [5, 5.41) is 3.54. The van der Waals surface area contributed by atoms with E-state index in [2.05, 4.69) is 43.2 Å². The average molecular weight is 355 g/mol. The first-order chi connectivity index (χ1) is 12.5. The minimum absolute atomic E-state index is 0.124. The first kappa shape index (κ1) is 18.0. The summed E-state index contributed by atoms with van der Waals surface area (Å²) in [4.78, 5) is 19.4. The van der Waals surface area contributed by atoms with Crippen LogP contribution < -0.4 is 19.7 Å². The van der Waals surface area contributed by atoms with Crippen LogP contribution in [0.3, 0.4) is 0 Å². The van der Waals surface area contributed by atoms with Crippen LogP contribution in [0.2, 0.25) is 0 Å². The third-order valence-corrected chi connectivity index (χ3v) is 4.87. The van der Waals surface area contributed by atoms with E-state index in [0.29, 0.717) is 18.0 Å². The van der Waals surface area contributed by atoms with Gasteiger partial charge in [-0.1, -0.05) is 6.92 Å². The fourth-order valence-electron chi connectivity index (χ4n) is 3.15.